The first kappa shape index (κ1) is 5.80. The molecule has 45 valence electrons. The predicted molar refractivity (Wildman–Crippen MR) is 32.4 cm³/mol. The van der Waals surface area contributed by atoms with Gasteiger partial charge >= 0.3 is 0 Å². The highest BCUT2D eigenvalue weighted by Crippen LogP contribution is 2.22. The lowest BCUT2D eigenvalue weighted by Crippen LogP contribution is -2.03. The van der Waals surface area contributed by atoms with Crippen LogP contribution in [0.25, 0.3) is 0 Å². The minimum Gasteiger partial charge on any atom is -0.303 e. The van der Waals surface area contributed by atoms with Gasteiger partial charge in [0.2, 0.25) is 0 Å². The molecule has 0 N–H and O–H groups in total. The van der Waals surface area contributed by atoms with Crippen molar-refractivity contribution in [1.82, 2.24) is 0 Å². The van der Waals surface area contributed by atoms with Gasteiger partial charge in [0.25, 0.3) is 0 Å². The molecule has 0 unspecified atom stereocenters. The minimum atomic E-state index is 1.03. The van der Waals surface area contributed by atoms with Crippen LogP contribution in [-0.4, -0.2) is 6.29 Å². The van der Waals surface area contributed by atoms with Gasteiger partial charge in [0.15, 0.2) is 0 Å². The van der Waals surface area contributed by atoms with Crippen LogP contribution < -0.4 is 0 Å². The predicted octanol–water partition coefficient (Wildman–Crippen LogP) is 1.72. The molecule has 1 aliphatic rings. The topological polar surface area (TPSA) is 17.1 Å². The Kier molecular flexibility index (Phi) is 2.07. The van der Waals surface area contributed by atoms with Crippen LogP contribution in [0.3, 0.4) is 0 Å². The van der Waals surface area contributed by atoms with E-state index < -0.39 is 0 Å². The average Bonchev–Trinajstić information content (AvgIpc) is 1.90. The van der Waals surface area contributed by atoms with Crippen molar-refractivity contribution >= 4 is 6.29 Å². The number of carbonyl (C=O) groups excluding carboxylic acids is 1. The monoisotopic (exact) mass is 111 g/mol. The van der Waals surface area contributed by atoms with Crippen molar-refractivity contribution in [3.8, 4) is 0 Å². The van der Waals surface area contributed by atoms with Crippen LogP contribution in [0.15, 0.2) is 0 Å². The fourth-order valence-electron chi connectivity index (χ4n) is 1.12. The highest BCUT2D eigenvalue weighted by Gasteiger charge is 2.11. The molecule has 1 aliphatic carbocycles. The molecular weight excluding hydrogens is 100 g/mol. The summed E-state index contributed by atoms with van der Waals surface area (Å²) in [5, 5.41) is 0. The van der Waals surface area contributed by atoms with E-state index in [0.29, 0.717) is 0 Å². The summed E-state index contributed by atoms with van der Waals surface area (Å²) in [7, 11) is 0. The zero-order valence-electron chi connectivity index (χ0n) is 5.02. The largest absolute Gasteiger partial charge is 0.303 e. The van der Waals surface area contributed by atoms with Crippen molar-refractivity contribution in [3.05, 3.63) is 5.92 Å². The first-order chi connectivity index (χ1) is 3.93. The smallest absolute Gasteiger partial charge is 0.127 e. The first-order valence-electron chi connectivity index (χ1n) is 3.23. The van der Waals surface area contributed by atoms with Gasteiger partial charge in [0.1, 0.15) is 6.29 Å². The molecular formula is C7H11O. The molecule has 1 heteroatoms. The Balaban J connectivity index is 2.22. The molecule has 1 radical (unpaired) electrons. The normalized spacial score (nSPS) is 23.0. The van der Waals surface area contributed by atoms with Crippen LogP contribution in [0.2, 0.25) is 0 Å². The van der Waals surface area contributed by atoms with Crippen LogP contribution in [0.4, 0.5) is 0 Å². The number of hydrogen-bond donors (Lipinski definition) is 0. The average molecular weight is 111 g/mol. The van der Waals surface area contributed by atoms with E-state index in [2.05, 4.69) is 0 Å². The molecule has 0 heterocycles. The summed E-state index contributed by atoms with van der Waals surface area (Å²) in [6.07, 6.45) is 6.92. The van der Waals surface area contributed by atoms with Gasteiger partial charge in [-0.1, -0.05) is 19.3 Å². The lowest BCUT2D eigenvalue weighted by Gasteiger charge is -2.13. The Morgan fingerprint density at radius 2 is 1.75 bits per heavy atom. The van der Waals surface area contributed by atoms with E-state index in [1.807, 2.05) is 0 Å². The molecule has 0 aromatic carbocycles. The van der Waals surface area contributed by atoms with Crippen molar-refractivity contribution in [2.75, 3.05) is 0 Å². The fourth-order valence-corrected chi connectivity index (χ4v) is 1.12. The standard InChI is InChI=1S/C7H11O/c8-6-7-4-2-1-3-5-7/h6H,1-5H2. The molecule has 0 aromatic heterocycles. The molecule has 1 fully saturated rings. The van der Waals surface area contributed by atoms with Gasteiger partial charge in [-0.2, -0.15) is 0 Å². The summed E-state index contributed by atoms with van der Waals surface area (Å²) in [6, 6.07) is 0. The number of rotatable bonds is 1. The van der Waals surface area contributed by atoms with Gasteiger partial charge in [-0.05, 0) is 12.8 Å². The van der Waals surface area contributed by atoms with E-state index in [-0.39, 0.29) is 0 Å². The second-order valence-corrected chi connectivity index (χ2v) is 2.34. The maximum Gasteiger partial charge on any atom is 0.127 e. The highest BCUT2D eigenvalue weighted by molar-refractivity contribution is 5.68. The van der Waals surface area contributed by atoms with E-state index in [4.69, 9.17) is 0 Å². The van der Waals surface area contributed by atoms with E-state index in [9.17, 15) is 4.79 Å². The molecule has 0 spiro atoms. The molecule has 0 aliphatic heterocycles. The fraction of sp³-hybridized carbons (Fsp3) is 0.714. The Labute approximate surface area is 50.1 Å². The molecule has 0 saturated heterocycles. The van der Waals surface area contributed by atoms with Crippen molar-refractivity contribution in [2.45, 2.75) is 32.1 Å². The number of aldehydes is 1. The number of hydrogen-bond acceptors (Lipinski definition) is 1. The zero-order valence-corrected chi connectivity index (χ0v) is 5.02. The molecule has 0 bridgehead atoms. The maximum absolute atomic E-state index is 10.1. The summed E-state index contributed by atoms with van der Waals surface area (Å²) in [4.78, 5) is 10.1. The Bertz CT molecular complexity index is 72.5. The SMILES string of the molecule is O=C[C]1CCCCC1. The molecule has 0 aromatic rings. The molecule has 1 rings (SSSR count). The van der Waals surface area contributed by atoms with Crippen molar-refractivity contribution in [2.24, 2.45) is 0 Å². The van der Waals surface area contributed by atoms with Crippen molar-refractivity contribution in [3.63, 3.8) is 0 Å². The second kappa shape index (κ2) is 2.85. The van der Waals surface area contributed by atoms with E-state index >= 15 is 0 Å². The summed E-state index contributed by atoms with van der Waals surface area (Å²) in [6.45, 7) is 0. The Hall–Kier alpha value is -0.330. The summed E-state index contributed by atoms with van der Waals surface area (Å²) in [5.41, 5.74) is 0. The van der Waals surface area contributed by atoms with Gasteiger partial charge in [-0.15, -0.1) is 0 Å². The molecule has 1 saturated carbocycles. The Morgan fingerprint density at radius 3 is 2.12 bits per heavy atom. The summed E-state index contributed by atoms with van der Waals surface area (Å²) >= 11 is 0. The van der Waals surface area contributed by atoms with Crippen LogP contribution in [-0.2, 0) is 4.79 Å². The third-order valence-electron chi connectivity index (χ3n) is 1.66. The third kappa shape index (κ3) is 1.32. The van der Waals surface area contributed by atoms with Crippen LogP contribution in [0.1, 0.15) is 32.1 Å². The zero-order chi connectivity index (χ0) is 5.82. The van der Waals surface area contributed by atoms with Crippen molar-refractivity contribution < 1.29 is 4.79 Å². The summed E-state index contributed by atoms with van der Waals surface area (Å²) < 4.78 is 0. The van der Waals surface area contributed by atoms with Gasteiger partial charge in [0, 0.05) is 5.92 Å². The van der Waals surface area contributed by atoms with E-state index in [1.54, 1.807) is 0 Å². The van der Waals surface area contributed by atoms with Gasteiger partial charge in [-0.25, -0.2) is 0 Å². The lowest BCUT2D eigenvalue weighted by atomic mass is 9.91. The van der Waals surface area contributed by atoms with Crippen LogP contribution >= 0.6 is 0 Å². The van der Waals surface area contributed by atoms with Gasteiger partial charge < -0.3 is 4.79 Å². The second-order valence-electron chi connectivity index (χ2n) is 2.34. The van der Waals surface area contributed by atoms with Crippen LogP contribution in [0, 0.1) is 5.92 Å². The van der Waals surface area contributed by atoms with E-state index in [1.165, 1.54) is 19.3 Å². The minimum absolute atomic E-state index is 1.03. The van der Waals surface area contributed by atoms with E-state index in [0.717, 1.165) is 25.0 Å². The van der Waals surface area contributed by atoms with Crippen molar-refractivity contribution in [1.29, 1.82) is 0 Å². The highest BCUT2D eigenvalue weighted by atomic mass is 16.1. The van der Waals surface area contributed by atoms with Gasteiger partial charge in [-0.3, -0.25) is 0 Å². The molecule has 1 nitrogen and oxygen atoms in total. The van der Waals surface area contributed by atoms with Crippen LogP contribution in [0.5, 0.6) is 0 Å². The molecule has 0 atom stereocenters. The Morgan fingerprint density at radius 1 is 1.12 bits per heavy atom. The summed E-state index contributed by atoms with van der Waals surface area (Å²) in [5.74, 6) is 1.12. The molecule has 8 heavy (non-hydrogen) atoms. The first-order valence-corrected chi connectivity index (χ1v) is 3.23. The third-order valence-corrected chi connectivity index (χ3v) is 1.66. The quantitative estimate of drug-likeness (QED) is 0.471. The lowest BCUT2D eigenvalue weighted by molar-refractivity contribution is -0.106. The number of carbonyl (C=O) groups is 1. The van der Waals surface area contributed by atoms with Gasteiger partial charge in [0.05, 0.1) is 0 Å². The molecule has 0 amide bonds. The maximum atomic E-state index is 10.1.